The molecule has 1 N–H and O–H groups in total. The van der Waals surface area contributed by atoms with E-state index in [1.54, 1.807) is 18.9 Å². The summed E-state index contributed by atoms with van der Waals surface area (Å²) in [5.74, 6) is 2.27. The molecule has 1 saturated heterocycles. The number of thioether (sulfide) groups is 1. The minimum Gasteiger partial charge on any atom is -0.495 e. The molecule has 0 spiro atoms. The van der Waals surface area contributed by atoms with Crippen molar-refractivity contribution in [2.24, 2.45) is 0 Å². The predicted octanol–water partition coefficient (Wildman–Crippen LogP) is 3.12. The summed E-state index contributed by atoms with van der Waals surface area (Å²) < 4.78 is 10.4. The second-order valence-corrected chi connectivity index (χ2v) is 6.19. The Hall–Kier alpha value is -0.420. The first-order chi connectivity index (χ1) is 9.13. The van der Waals surface area contributed by atoms with Gasteiger partial charge in [0, 0.05) is 37.6 Å². The highest BCUT2D eigenvalue weighted by Gasteiger charge is 2.29. The number of benzene rings is 1. The summed E-state index contributed by atoms with van der Waals surface area (Å²) in [6.07, 6.45) is 1.45. The van der Waals surface area contributed by atoms with Crippen LogP contribution in [-0.4, -0.2) is 36.8 Å². The van der Waals surface area contributed by atoms with Crippen molar-refractivity contribution in [2.45, 2.75) is 24.2 Å². The summed E-state index contributed by atoms with van der Waals surface area (Å²) in [5, 5.41) is 11.0. The first kappa shape index (κ1) is 15.0. The molecule has 0 aromatic heterocycles. The van der Waals surface area contributed by atoms with Crippen molar-refractivity contribution < 1.29 is 14.6 Å². The predicted molar refractivity (Wildman–Crippen MR) is 79.2 cm³/mol. The van der Waals surface area contributed by atoms with Gasteiger partial charge in [-0.3, -0.25) is 0 Å². The Morgan fingerprint density at radius 2 is 2.16 bits per heavy atom. The number of rotatable bonds is 5. The zero-order valence-corrected chi connectivity index (χ0v) is 12.6. The molecular formula is C14H19ClO3S. The quantitative estimate of drug-likeness (QED) is 0.907. The van der Waals surface area contributed by atoms with Gasteiger partial charge in [0.1, 0.15) is 5.75 Å². The zero-order valence-electron chi connectivity index (χ0n) is 11.0. The summed E-state index contributed by atoms with van der Waals surface area (Å²) in [6.45, 7) is 1.32. The minimum absolute atomic E-state index is 0.570. The lowest BCUT2D eigenvalue weighted by molar-refractivity contribution is -0.0476. The van der Waals surface area contributed by atoms with Crippen LogP contribution in [0.4, 0.5) is 0 Å². The van der Waals surface area contributed by atoms with E-state index in [-0.39, 0.29) is 0 Å². The fourth-order valence-electron chi connectivity index (χ4n) is 2.05. The molecule has 1 aliphatic heterocycles. The SMILES string of the molecule is COc1ccc(CSCC2(O)CCOCC2)cc1Cl. The average molecular weight is 303 g/mol. The lowest BCUT2D eigenvalue weighted by atomic mass is 9.97. The molecule has 0 bridgehead atoms. The monoisotopic (exact) mass is 302 g/mol. The zero-order chi connectivity index (χ0) is 13.7. The average Bonchev–Trinajstić information content (AvgIpc) is 2.39. The van der Waals surface area contributed by atoms with E-state index in [9.17, 15) is 5.11 Å². The smallest absolute Gasteiger partial charge is 0.137 e. The maximum Gasteiger partial charge on any atom is 0.137 e. The molecular weight excluding hydrogens is 284 g/mol. The van der Waals surface area contributed by atoms with Gasteiger partial charge in [-0.2, -0.15) is 11.8 Å². The summed E-state index contributed by atoms with van der Waals surface area (Å²) in [7, 11) is 1.61. The Kier molecular flexibility index (Phi) is 5.39. The summed E-state index contributed by atoms with van der Waals surface area (Å²) in [5.41, 5.74) is 0.575. The van der Waals surface area contributed by atoms with E-state index in [1.165, 1.54) is 0 Å². The first-order valence-corrected chi connectivity index (χ1v) is 7.86. The number of halogens is 1. The molecule has 106 valence electrons. The van der Waals surface area contributed by atoms with Gasteiger partial charge in [0.25, 0.3) is 0 Å². The van der Waals surface area contributed by atoms with Gasteiger partial charge in [-0.1, -0.05) is 17.7 Å². The van der Waals surface area contributed by atoms with Crippen molar-refractivity contribution in [1.82, 2.24) is 0 Å². The van der Waals surface area contributed by atoms with Gasteiger partial charge in [0.15, 0.2) is 0 Å². The van der Waals surface area contributed by atoms with E-state index in [0.29, 0.717) is 24.0 Å². The highest BCUT2D eigenvalue weighted by molar-refractivity contribution is 7.98. The molecule has 0 amide bonds. The third kappa shape index (κ3) is 4.28. The number of aliphatic hydroxyl groups is 1. The lowest BCUT2D eigenvalue weighted by Gasteiger charge is -2.31. The van der Waals surface area contributed by atoms with E-state index in [0.717, 1.165) is 29.9 Å². The molecule has 0 aliphatic carbocycles. The number of hydrogen-bond acceptors (Lipinski definition) is 4. The van der Waals surface area contributed by atoms with Crippen LogP contribution in [0, 0.1) is 0 Å². The molecule has 0 atom stereocenters. The van der Waals surface area contributed by atoms with E-state index in [2.05, 4.69) is 0 Å². The van der Waals surface area contributed by atoms with Crippen LogP contribution < -0.4 is 4.74 Å². The van der Waals surface area contributed by atoms with Crippen molar-refractivity contribution in [1.29, 1.82) is 0 Å². The lowest BCUT2D eigenvalue weighted by Crippen LogP contribution is -2.38. The van der Waals surface area contributed by atoms with E-state index < -0.39 is 5.60 Å². The minimum atomic E-state index is -0.570. The van der Waals surface area contributed by atoms with Crippen molar-refractivity contribution in [3.63, 3.8) is 0 Å². The van der Waals surface area contributed by atoms with Crippen LogP contribution in [0.25, 0.3) is 0 Å². The molecule has 5 heteroatoms. The Bertz CT molecular complexity index is 419. The fourth-order valence-corrected chi connectivity index (χ4v) is 3.52. The highest BCUT2D eigenvalue weighted by Crippen LogP contribution is 2.29. The van der Waals surface area contributed by atoms with Gasteiger partial charge < -0.3 is 14.6 Å². The molecule has 3 nitrogen and oxygen atoms in total. The van der Waals surface area contributed by atoms with Gasteiger partial charge in [-0.25, -0.2) is 0 Å². The van der Waals surface area contributed by atoms with Crippen molar-refractivity contribution in [3.8, 4) is 5.75 Å². The Balaban J connectivity index is 1.83. The Labute approximate surface area is 123 Å². The molecule has 1 aromatic rings. The molecule has 0 saturated carbocycles. The van der Waals surface area contributed by atoms with E-state index in [1.807, 2.05) is 18.2 Å². The maximum absolute atomic E-state index is 10.3. The van der Waals surface area contributed by atoms with Gasteiger partial charge in [0.05, 0.1) is 17.7 Å². The largest absolute Gasteiger partial charge is 0.495 e. The van der Waals surface area contributed by atoms with Crippen LogP contribution in [0.2, 0.25) is 5.02 Å². The van der Waals surface area contributed by atoms with Crippen LogP contribution in [0.1, 0.15) is 18.4 Å². The van der Waals surface area contributed by atoms with Gasteiger partial charge in [-0.15, -0.1) is 0 Å². The maximum atomic E-state index is 10.3. The third-order valence-electron chi connectivity index (χ3n) is 3.28. The fraction of sp³-hybridized carbons (Fsp3) is 0.571. The van der Waals surface area contributed by atoms with Crippen LogP contribution in [0.3, 0.4) is 0 Å². The van der Waals surface area contributed by atoms with Crippen molar-refractivity contribution in [2.75, 3.05) is 26.1 Å². The Morgan fingerprint density at radius 3 is 2.79 bits per heavy atom. The molecule has 1 aliphatic rings. The standard InChI is InChI=1S/C14H19ClO3S/c1-17-13-3-2-11(8-12(13)15)9-19-10-14(16)4-6-18-7-5-14/h2-3,8,16H,4-7,9-10H2,1H3. The van der Waals surface area contributed by atoms with Gasteiger partial charge in [0.2, 0.25) is 0 Å². The second-order valence-electron chi connectivity index (χ2n) is 4.80. The van der Waals surface area contributed by atoms with Gasteiger partial charge in [-0.05, 0) is 17.7 Å². The topological polar surface area (TPSA) is 38.7 Å². The Morgan fingerprint density at radius 1 is 1.42 bits per heavy atom. The molecule has 19 heavy (non-hydrogen) atoms. The molecule has 1 heterocycles. The van der Waals surface area contributed by atoms with Gasteiger partial charge >= 0.3 is 0 Å². The van der Waals surface area contributed by atoms with Crippen LogP contribution >= 0.6 is 23.4 Å². The van der Waals surface area contributed by atoms with Crippen molar-refractivity contribution >= 4 is 23.4 Å². The highest BCUT2D eigenvalue weighted by atomic mass is 35.5. The molecule has 1 aromatic carbocycles. The second kappa shape index (κ2) is 6.84. The van der Waals surface area contributed by atoms with Crippen molar-refractivity contribution in [3.05, 3.63) is 28.8 Å². The summed E-state index contributed by atoms with van der Waals surface area (Å²) in [4.78, 5) is 0. The molecule has 0 radical (unpaired) electrons. The first-order valence-electron chi connectivity index (χ1n) is 6.33. The number of ether oxygens (including phenoxy) is 2. The number of methoxy groups -OCH3 is 1. The van der Waals surface area contributed by atoms with Crippen LogP contribution in [-0.2, 0) is 10.5 Å². The normalized spacial score (nSPS) is 18.3. The van der Waals surface area contributed by atoms with Crippen LogP contribution in [0.5, 0.6) is 5.75 Å². The van der Waals surface area contributed by atoms with Crippen LogP contribution in [0.15, 0.2) is 18.2 Å². The molecule has 1 fully saturated rings. The molecule has 0 unspecified atom stereocenters. The third-order valence-corrected chi connectivity index (χ3v) is 4.85. The van der Waals surface area contributed by atoms with E-state index in [4.69, 9.17) is 21.1 Å². The van der Waals surface area contributed by atoms with E-state index >= 15 is 0 Å². The summed E-state index contributed by atoms with van der Waals surface area (Å²) in [6, 6.07) is 5.80. The summed E-state index contributed by atoms with van der Waals surface area (Å²) >= 11 is 7.81. The number of hydrogen-bond donors (Lipinski definition) is 1. The molecule has 2 rings (SSSR count).